The molecule has 0 amide bonds. The number of aliphatic hydroxyl groups excluding tert-OH is 2. The minimum Gasteiger partial charge on any atom is -0.396 e. The van der Waals surface area contributed by atoms with Crippen LogP contribution in [0.25, 0.3) is 0 Å². The van der Waals surface area contributed by atoms with E-state index >= 15 is 0 Å². The average molecular weight is 471 g/mol. The molecule has 5 aliphatic carbocycles. The van der Waals surface area contributed by atoms with Gasteiger partial charge in [0.05, 0.1) is 12.7 Å². The Morgan fingerprint density at radius 3 is 2.18 bits per heavy atom. The Hall–Kier alpha value is -0.670. The Kier molecular flexibility index (Phi) is 5.64. The first-order valence-electron chi connectivity index (χ1n) is 14.3. The molecule has 0 aliphatic heterocycles. The smallest absolute Gasteiger partial charge is 0.136 e. The summed E-state index contributed by atoms with van der Waals surface area (Å²) in [5.41, 5.74) is 1.42. The van der Waals surface area contributed by atoms with Gasteiger partial charge in [-0.05, 0) is 124 Å². The van der Waals surface area contributed by atoms with Crippen molar-refractivity contribution in [3.05, 3.63) is 12.2 Å². The Morgan fingerprint density at radius 1 is 0.853 bits per heavy atom. The minimum absolute atomic E-state index is 0.0846. The molecule has 0 saturated heterocycles. The number of ketones is 1. The average Bonchev–Trinajstić information content (AvgIpc) is 3.18. The Labute approximate surface area is 208 Å². The van der Waals surface area contributed by atoms with Crippen molar-refractivity contribution in [2.75, 3.05) is 6.61 Å². The van der Waals surface area contributed by atoms with E-state index in [1.54, 1.807) is 0 Å². The lowest BCUT2D eigenvalue weighted by atomic mass is 9.32. The van der Waals surface area contributed by atoms with Crippen LogP contribution < -0.4 is 0 Å². The van der Waals surface area contributed by atoms with Crippen LogP contribution in [0.15, 0.2) is 12.2 Å². The lowest BCUT2D eigenvalue weighted by Gasteiger charge is -2.73. The maximum atomic E-state index is 13.2. The first-order valence-corrected chi connectivity index (χ1v) is 14.3. The van der Waals surface area contributed by atoms with Crippen molar-refractivity contribution in [1.29, 1.82) is 0 Å². The molecule has 11 atom stereocenters. The zero-order chi connectivity index (χ0) is 24.9. The van der Waals surface area contributed by atoms with Crippen LogP contribution >= 0.6 is 0 Å². The zero-order valence-corrected chi connectivity index (χ0v) is 22.8. The molecule has 0 aromatic heterocycles. The number of fused-ring (bicyclic) bond motifs is 7. The molecule has 5 fully saturated rings. The van der Waals surface area contributed by atoms with Gasteiger partial charge >= 0.3 is 0 Å². The monoisotopic (exact) mass is 470 g/mol. The fourth-order valence-electron chi connectivity index (χ4n) is 11.8. The number of carbonyl (C=O) groups is 1. The highest BCUT2D eigenvalue weighted by Gasteiger charge is 2.71. The predicted octanol–water partition coefficient (Wildman–Crippen LogP) is 6.57. The fraction of sp³-hybridized carbons (Fsp3) is 0.903. The summed E-state index contributed by atoms with van der Waals surface area (Å²) in [7, 11) is 0. The summed E-state index contributed by atoms with van der Waals surface area (Å²) < 4.78 is 0. The number of Topliss-reactive ketones (excluding diaryl/α,β-unsaturated/α-hetero) is 1. The largest absolute Gasteiger partial charge is 0.396 e. The van der Waals surface area contributed by atoms with Crippen molar-refractivity contribution in [1.82, 2.24) is 0 Å². The van der Waals surface area contributed by atoms with Gasteiger partial charge in [0.25, 0.3) is 0 Å². The molecule has 2 N–H and O–H groups in total. The highest BCUT2D eigenvalue weighted by molar-refractivity contribution is 5.83. The van der Waals surface area contributed by atoms with Crippen LogP contribution in [-0.2, 0) is 4.79 Å². The molecule has 0 radical (unpaired) electrons. The van der Waals surface area contributed by atoms with Crippen molar-refractivity contribution >= 4 is 5.78 Å². The van der Waals surface area contributed by atoms with Gasteiger partial charge in [-0.3, -0.25) is 4.79 Å². The topological polar surface area (TPSA) is 57.5 Å². The first-order chi connectivity index (χ1) is 15.8. The number of aliphatic hydroxyl groups is 2. The molecule has 3 nitrogen and oxygen atoms in total. The van der Waals surface area contributed by atoms with Crippen LogP contribution in [0.2, 0.25) is 0 Å². The Morgan fingerprint density at radius 2 is 1.56 bits per heavy atom. The molecule has 0 bridgehead atoms. The van der Waals surface area contributed by atoms with Crippen LogP contribution in [-0.4, -0.2) is 28.7 Å². The molecule has 5 rings (SSSR count). The number of carbonyl (C=O) groups excluding carboxylic acids is 1. The summed E-state index contributed by atoms with van der Waals surface area (Å²) in [5.74, 6) is 2.97. The second kappa shape index (κ2) is 7.67. The van der Waals surface area contributed by atoms with Crippen LogP contribution in [0.3, 0.4) is 0 Å². The summed E-state index contributed by atoms with van der Waals surface area (Å²) in [4.78, 5) is 13.2. The van der Waals surface area contributed by atoms with Gasteiger partial charge in [-0.25, -0.2) is 0 Å². The molecule has 1 unspecified atom stereocenters. The highest BCUT2D eigenvalue weighted by Crippen LogP contribution is 2.77. The molecule has 5 saturated carbocycles. The van der Waals surface area contributed by atoms with Crippen molar-refractivity contribution < 1.29 is 15.0 Å². The van der Waals surface area contributed by atoms with Gasteiger partial charge in [0, 0.05) is 10.8 Å². The van der Waals surface area contributed by atoms with Gasteiger partial charge in [0.2, 0.25) is 0 Å². The van der Waals surface area contributed by atoms with Gasteiger partial charge in [-0.2, -0.15) is 0 Å². The maximum absolute atomic E-state index is 13.2. The predicted molar refractivity (Wildman–Crippen MR) is 137 cm³/mol. The number of hydrogen-bond acceptors (Lipinski definition) is 3. The molecule has 3 heteroatoms. The van der Waals surface area contributed by atoms with E-state index < -0.39 is 6.10 Å². The van der Waals surface area contributed by atoms with Gasteiger partial charge in [0.15, 0.2) is 0 Å². The number of allylic oxidation sites excluding steroid dienone is 1. The summed E-state index contributed by atoms with van der Waals surface area (Å²) >= 11 is 0. The van der Waals surface area contributed by atoms with Crippen molar-refractivity contribution in [2.24, 2.45) is 56.7 Å². The van der Waals surface area contributed by atoms with Gasteiger partial charge in [0.1, 0.15) is 5.78 Å². The van der Waals surface area contributed by atoms with Crippen LogP contribution in [0.1, 0.15) is 106 Å². The molecule has 0 heterocycles. The quantitative estimate of drug-likeness (QED) is 0.459. The van der Waals surface area contributed by atoms with Gasteiger partial charge in [-0.15, -0.1) is 0 Å². The molecule has 5 aliphatic rings. The number of hydrogen-bond donors (Lipinski definition) is 2. The summed E-state index contributed by atoms with van der Waals surface area (Å²) in [5, 5.41) is 21.4. The first kappa shape index (κ1) is 25.0. The molecule has 192 valence electrons. The molecule has 0 spiro atoms. The summed E-state index contributed by atoms with van der Waals surface area (Å²) in [6, 6.07) is 0. The van der Waals surface area contributed by atoms with Crippen LogP contribution in [0, 0.1) is 56.7 Å². The standard InChI is InChI=1S/C31H50O3/c1-19(2)21-10-15-31(20(3)33)17-16-29(6)22(26(21)31)8-9-24-27(4)13-12-25(34)28(5,18-32)23(27)11-14-30(24,29)7/h21-26,32,34H,1,8-18H2,2-7H3/t21-,22?,23+,24+,25-,26+,27-,28-,29+,30+,31+/m0/s1. The van der Waals surface area contributed by atoms with E-state index in [1.165, 1.54) is 31.3 Å². The van der Waals surface area contributed by atoms with Crippen molar-refractivity contribution in [3.63, 3.8) is 0 Å². The van der Waals surface area contributed by atoms with E-state index in [4.69, 9.17) is 0 Å². The van der Waals surface area contributed by atoms with E-state index in [-0.39, 0.29) is 33.7 Å². The van der Waals surface area contributed by atoms with E-state index in [0.717, 1.165) is 38.5 Å². The second-order valence-electron chi connectivity index (χ2n) is 14.6. The Bertz CT molecular complexity index is 880. The third kappa shape index (κ3) is 2.81. The van der Waals surface area contributed by atoms with E-state index in [9.17, 15) is 15.0 Å². The summed E-state index contributed by atoms with van der Waals surface area (Å²) in [6.07, 6.45) is 10.7. The van der Waals surface area contributed by atoms with E-state index in [0.29, 0.717) is 35.4 Å². The minimum atomic E-state index is -0.396. The second-order valence-corrected chi connectivity index (χ2v) is 14.6. The lowest BCUT2D eigenvalue weighted by molar-refractivity contribution is -0.252. The normalized spacial score (nSPS) is 56.6. The molecular weight excluding hydrogens is 420 g/mol. The Balaban J connectivity index is 1.56. The third-order valence-electron chi connectivity index (χ3n) is 13.9. The lowest BCUT2D eigenvalue weighted by Crippen LogP contribution is -2.67. The van der Waals surface area contributed by atoms with Crippen molar-refractivity contribution in [3.8, 4) is 0 Å². The molecule has 0 aromatic carbocycles. The zero-order valence-electron chi connectivity index (χ0n) is 22.8. The third-order valence-corrected chi connectivity index (χ3v) is 13.9. The van der Waals surface area contributed by atoms with E-state index in [1.807, 2.05) is 6.92 Å². The van der Waals surface area contributed by atoms with Crippen LogP contribution in [0.5, 0.6) is 0 Å². The number of rotatable bonds is 3. The highest BCUT2D eigenvalue weighted by atomic mass is 16.3. The van der Waals surface area contributed by atoms with Crippen molar-refractivity contribution in [2.45, 2.75) is 112 Å². The SMILES string of the molecule is C=C(C)[C@@H]1CC[C@]2(C(C)=O)CC[C@]3(C)C(CC[C@@H]4[C@@]5(C)CC[C@H](O)[C@@](C)(CO)[C@@H]5CC[C@]43C)[C@@H]12. The molecule has 34 heavy (non-hydrogen) atoms. The molecular formula is C31H50O3. The van der Waals surface area contributed by atoms with Gasteiger partial charge in [-0.1, -0.05) is 39.8 Å². The molecule has 0 aromatic rings. The van der Waals surface area contributed by atoms with E-state index in [2.05, 4.69) is 41.2 Å². The fourth-order valence-corrected chi connectivity index (χ4v) is 11.8. The van der Waals surface area contributed by atoms with Crippen LogP contribution in [0.4, 0.5) is 0 Å². The summed E-state index contributed by atoms with van der Waals surface area (Å²) in [6.45, 7) is 18.5. The van der Waals surface area contributed by atoms with Gasteiger partial charge < -0.3 is 10.2 Å². The maximum Gasteiger partial charge on any atom is 0.136 e.